The van der Waals surface area contributed by atoms with Crippen LogP contribution in [0.2, 0.25) is 0 Å². The molecule has 2 aromatic carbocycles. The lowest BCUT2D eigenvalue weighted by Gasteiger charge is -2.21. The molecule has 0 aliphatic rings. The van der Waals surface area contributed by atoms with E-state index in [4.69, 9.17) is 9.47 Å². The van der Waals surface area contributed by atoms with Gasteiger partial charge in [0, 0.05) is 41.8 Å². The fourth-order valence-corrected chi connectivity index (χ4v) is 6.06. The number of methoxy groups -OCH3 is 2. The Morgan fingerprint density at radius 1 is 1.05 bits per heavy atom. The predicted molar refractivity (Wildman–Crippen MR) is 166 cm³/mol. The van der Waals surface area contributed by atoms with Crippen LogP contribution in [0.4, 0.5) is 10.7 Å². The van der Waals surface area contributed by atoms with Crippen molar-refractivity contribution in [2.24, 2.45) is 0 Å². The van der Waals surface area contributed by atoms with Gasteiger partial charge in [0.1, 0.15) is 16.3 Å². The number of hydrogen-bond acceptors (Lipinski definition) is 9. The molecule has 0 unspecified atom stereocenters. The lowest BCUT2D eigenvalue weighted by molar-refractivity contribution is -0.113. The number of nitrogens with one attached hydrogen (secondary N) is 1. The first-order valence-electron chi connectivity index (χ1n) is 13.1. The van der Waals surface area contributed by atoms with Crippen LogP contribution in [0.15, 0.2) is 71.7 Å². The van der Waals surface area contributed by atoms with Crippen LogP contribution in [0.5, 0.6) is 5.75 Å². The van der Waals surface area contributed by atoms with Crippen molar-refractivity contribution in [3.63, 3.8) is 0 Å². The number of anilines is 2. The minimum absolute atomic E-state index is 0.0759. The zero-order valence-electron chi connectivity index (χ0n) is 23.5. The number of carbonyl (C=O) groups excluding carboxylic acids is 2. The second kappa shape index (κ2) is 14.0. The highest BCUT2D eigenvalue weighted by Crippen LogP contribution is 2.37. The molecular weight excluding hydrogens is 558 g/mol. The quantitative estimate of drug-likeness (QED) is 0.111. The van der Waals surface area contributed by atoms with Gasteiger partial charge in [-0.25, -0.2) is 4.79 Å². The van der Waals surface area contributed by atoms with Gasteiger partial charge in [-0.05, 0) is 55.8 Å². The van der Waals surface area contributed by atoms with Crippen molar-refractivity contribution in [3.8, 4) is 28.3 Å². The van der Waals surface area contributed by atoms with Crippen LogP contribution >= 0.6 is 23.1 Å². The van der Waals surface area contributed by atoms with Gasteiger partial charge in [0.2, 0.25) is 5.91 Å². The number of thioether (sulfide) groups is 1. The summed E-state index contributed by atoms with van der Waals surface area (Å²) < 4.78 is 12.2. The maximum atomic E-state index is 13.0. The van der Waals surface area contributed by atoms with Gasteiger partial charge < -0.3 is 19.7 Å². The summed E-state index contributed by atoms with van der Waals surface area (Å²) in [6, 6.07) is 15.6. The van der Waals surface area contributed by atoms with Gasteiger partial charge in [-0.1, -0.05) is 30.0 Å². The van der Waals surface area contributed by atoms with Gasteiger partial charge in [0.25, 0.3) is 0 Å². The average molecular weight is 592 g/mol. The Morgan fingerprint density at radius 3 is 2.34 bits per heavy atom. The van der Waals surface area contributed by atoms with Crippen molar-refractivity contribution in [2.75, 3.05) is 43.3 Å². The SMILES string of the molecule is C=CCn1c(SCC(=O)Nc2scc(-c3ccc(OC)cc3)c2C(=O)OC)nnc1-c1ccc(N(CC)CC)cc1. The van der Waals surface area contributed by atoms with E-state index in [1.165, 1.54) is 30.2 Å². The van der Waals surface area contributed by atoms with Crippen molar-refractivity contribution in [2.45, 2.75) is 25.5 Å². The third-order valence-corrected chi connectivity index (χ3v) is 8.31. The van der Waals surface area contributed by atoms with E-state index in [9.17, 15) is 9.59 Å². The lowest BCUT2D eigenvalue weighted by Crippen LogP contribution is -2.21. The molecule has 4 rings (SSSR count). The van der Waals surface area contributed by atoms with Crippen LogP contribution in [0, 0.1) is 0 Å². The molecule has 41 heavy (non-hydrogen) atoms. The molecule has 0 radical (unpaired) electrons. The number of hydrogen-bond donors (Lipinski definition) is 1. The molecule has 0 aliphatic carbocycles. The first-order valence-corrected chi connectivity index (χ1v) is 15.0. The molecule has 1 N–H and O–H groups in total. The topological polar surface area (TPSA) is 98.6 Å². The second-order valence-electron chi connectivity index (χ2n) is 8.84. The molecule has 2 aromatic heterocycles. The lowest BCUT2D eigenvalue weighted by atomic mass is 10.0. The Kier molecular flexibility index (Phi) is 10.2. The molecule has 0 bridgehead atoms. The number of esters is 1. The fraction of sp³-hybridized carbons (Fsp3) is 0.267. The number of benzene rings is 2. The first kappa shape index (κ1) is 29.9. The molecule has 0 atom stereocenters. The predicted octanol–water partition coefficient (Wildman–Crippen LogP) is 6.23. The zero-order valence-corrected chi connectivity index (χ0v) is 25.2. The number of rotatable bonds is 13. The van der Waals surface area contributed by atoms with E-state index in [1.807, 2.05) is 46.3 Å². The van der Waals surface area contributed by atoms with Crippen LogP contribution in [-0.4, -0.2) is 59.7 Å². The van der Waals surface area contributed by atoms with Crippen molar-refractivity contribution in [1.82, 2.24) is 14.8 Å². The molecule has 4 aromatic rings. The van der Waals surface area contributed by atoms with Gasteiger partial charge >= 0.3 is 5.97 Å². The monoisotopic (exact) mass is 591 g/mol. The van der Waals surface area contributed by atoms with Gasteiger partial charge in [0.05, 0.1) is 20.0 Å². The molecule has 2 heterocycles. The minimum Gasteiger partial charge on any atom is -0.497 e. The van der Waals surface area contributed by atoms with Crippen molar-refractivity contribution >= 4 is 45.7 Å². The third-order valence-electron chi connectivity index (χ3n) is 6.45. The highest BCUT2D eigenvalue weighted by atomic mass is 32.2. The highest BCUT2D eigenvalue weighted by molar-refractivity contribution is 7.99. The number of ether oxygens (including phenoxy) is 2. The number of amides is 1. The fourth-order valence-electron chi connectivity index (χ4n) is 4.34. The summed E-state index contributed by atoms with van der Waals surface area (Å²) in [6.07, 6.45) is 1.77. The normalized spacial score (nSPS) is 10.7. The first-order chi connectivity index (χ1) is 19.9. The Balaban J connectivity index is 1.50. The summed E-state index contributed by atoms with van der Waals surface area (Å²) in [5, 5.41) is 14.5. The summed E-state index contributed by atoms with van der Waals surface area (Å²) in [5.74, 6) is 0.684. The maximum absolute atomic E-state index is 13.0. The number of nitrogens with zero attached hydrogens (tertiary/aromatic N) is 4. The van der Waals surface area contributed by atoms with E-state index in [-0.39, 0.29) is 11.7 Å². The summed E-state index contributed by atoms with van der Waals surface area (Å²) in [5.41, 5.74) is 3.88. The van der Waals surface area contributed by atoms with E-state index >= 15 is 0 Å². The molecular formula is C30H33N5O4S2. The Hall–Kier alpha value is -4.09. The van der Waals surface area contributed by atoms with Gasteiger partial charge in [0.15, 0.2) is 11.0 Å². The average Bonchev–Trinajstić information content (AvgIpc) is 3.61. The van der Waals surface area contributed by atoms with E-state index in [0.29, 0.717) is 39.4 Å². The van der Waals surface area contributed by atoms with Crippen molar-refractivity contribution in [1.29, 1.82) is 0 Å². The summed E-state index contributed by atoms with van der Waals surface area (Å²) in [6.45, 7) is 10.5. The van der Waals surface area contributed by atoms with Crippen LogP contribution < -0.4 is 15.0 Å². The molecule has 0 spiro atoms. The smallest absolute Gasteiger partial charge is 0.341 e. The van der Waals surface area contributed by atoms with E-state index in [2.05, 4.69) is 53.0 Å². The van der Waals surface area contributed by atoms with Crippen LogP contribution in [-0.2, 0) is 16.1 Å². The van der Waals surface area contributed by atoms with Gasteiger partial charge in [-0.15, -0.1) is 28.1 Å². The number of allylic oxidation sites excluding steroid dienone is 1. The Bertz CT molecular complexity index is 1490. The maximum Gasteiger partial charge on any atom is 0.341 e. The molecule has 1 amide bonds. The second-order valence-corrected chi connectivity index (χ2v) is 10.7. The van der Waals surface area contributed by atoms with E-state index < -0.39 is 5.97 Å². The van der Waals surface area contributed by atoms with E-state index in [0.717, 1.165) is 29.9 Å². The highest BCUT2D eigenvalue weighted by Gasteiger charge is 2.23. The molecule has 214 valence electrons. The van der Waals surface area contributed by atoms with Crippen molar-refractivity contribution in [3.05, 3.63) is 72.1 Å². The number of aromatic nitrogens is 3. The molecule has 0 saturated carbocycles. The minimum atomic E-state index is -0.526. The van der Waals surface area contributed by atoms with Gasteiger partial charge in [-0.2, -0.15) is 0 Å². The molecule has 9 nitrogen and oxygen atoms in total. The largest absolute Gasteiger partial charge is 0.497 e. The summed E-state index contributed by atoms with van der Waals surface area (Å²) >= 11 is 2.54. The van der Waals surface area contributed by atoms with Crippen LogP contribution in [0.3, 0.4) is 0 Å². The van der Waals surface area contributed by atoms with Crippen LogP contribution in [0.25, 0.3) is 22.5 Å². The van der Waals surface area contributed by atoms with E-state index in [1.54, 1.807) is 13.2 Å². The molecule has 0 aliphatic heterocycles. The Morgan fingerprint density at radius 2 is 1.73 bits per heavy atom. The molecule has 11 heteroatoms. The molecule has 0 fully saturated rings. The number of carbonyl (C=O) groups is 2. The van der Waals surface area contributed by atoms with Crippen molar-refractivity contribution < 1.29 is 19.1 Å². The van der Waals surface area contributed by atoms with Crippen LogP contribution in [0.1, 0.15) is 24.2 Å². The Labute approximate surface area is 248 Å². The van der Waals surface area contributed by atoms with Gasteiger partial charge in [-0.3, -0.25) is 9.36 Å². The number of thiophene rings is 1. The zero-order chi connectivity index (χ0) is 29.4. The molecule has 0 saturated heterocycles. The standard InChI is InChI=1S/C30H33N5O4S2/c1-6-17-35-27(21-9-13-22(14-10-21)34(7-2)8-3)32-33-30(35)41-19-25(36)31-28-26(29(37)39-5)24(18-40-28)20-11-15-23(38-4)16-12-20/h6,9-16,18H,1,7-8,17,19H2,2-5H3,(H,31,36). The summed E-state index contributed by atoms with van der Waals surface area (Å²) in [7, 11) is 2.91. The summed E-state index contributed by atoms with van der Waals surface area (Å²) in [4.78, 5) is 28.0. The third kappa shape index (κ3) is 6.80.